The van der Waals surface area contributed by atoms with Crippen LogP contribution in [-0.2, 0) is 9.09 Å². The summed E-state index contributed by atoms with van der Waals surface area (Å²) in [6.07, 6.45) is 0. The summed E-state index contributed by atoms with van der Waals surface area (Å²) in [6, 6.07) is 7.42. The monoisotopic (exact) mass is 244 g/mol. The number of halogens is 1. The van der Waals surface area contributed by atoms with Crippen LogP contribution in [0.25, 0.3) is 5.57 Å². The predicted octanol–water partition coefficient (Wildman–Crippen LogP) is 4.21. The Morgan fingerprint density at radius 2 is 2.07 bits per heavy atom. The molecule has 0 aliphatic rings. The highest BCUT2D eigenvalue weighted by molar-refractivity contribution is 7.43. The molecule has 0 aliphatic carbocycles. The molecule has 0 aliphatic heterocycles. The van der Waals surface area contributed by atoms with E-state index in [2.05, 4.69) is 0 Å². The van der Waals surface area contributed by atoms with Gasteiger partial charge in [-0.15, -0.1) is 0 Å². The molecule has 0 radical (unpaired) electrons. The van der Waals surface area contributed by atoms with Gasteiger partial charge in [0.1, 0.15) is 0 Å². The summed E-state index contributed by atoms with van der Waals surface area (Å²) in [7, 11) is -2.04. The van der Waals surface area contributed by atoms with Crippen molar-refractivity contribution in [2.24, 2.45) is 0 Å². The van der Waals surface area contributed by atoms with Gasteiger partial charge in [0, 0.05) is 10.8 Å². The quantitative estimate of drug-likeness (QED) is 0.742. The van der Waals surface area contributed by atoms with Crippen molar-refractivity contribution in [1.29, 1.82) is 0 Å². The minimum Gasteiger partial charge on any atom is -0.328 e. The SMILES string of the molecule is CCO[PH](=O)C=C(C)c1ccc(Cl)cc1. The topological polar surface area (TPSA) is 26.3 Å². The molecule has 4 heteroatoms. The number of hydrogen-bond donors (Lipinski definition) is 0. The van der Waals surface area contributed by atoms with Crippen LogP contribution in [0, 0.1) is 0 Å². The van der Waals surface area contributed by atoms with Crippen LogP contribution in [0.5, 0.6) is 0 Å². The van der Waals surface area contributed by atoms with Gasteiger partial charge in [0.15, 0.2) is 0 Å². The summed E-state index contributed by atoms with van der Waals surface area (Å²) >= 11 is 5.77. The molecule has 1 rings (SSSR count). The van der Waals surface area contributed by atoms with Crippen molar-refractivity contribution >= 4 is 25.2 Å². The minimum absolute atomic E-state index is 0.474. The van der Waals surface area contributed by atoms with Gasteiger partial charge in [0.2, 0.25) is 8.03 Å². The van der Waals surface area contributed by atoms with Crippen molar-refractivity contribution < 1.29 is 9.09 Å². The lowest BCUT2D eigenvalue weighted by Gasteiger charge is -2.02. The molecule has 0 bridgehead atoms. The molecule has 1 aromatic carbocycles. The lowest BCUT2D eigenvalue weighted by atomic mass is 10.1. The molecule has 0 N–H and O–H groups in total. The number of allylic oxidation sites excluding steroid dienone is 1. The third-order valence-electron chi connectivity index (χ3n) is 1.92. The molecule has 1 aromatic rings. The first-order chi connectivity index (χ1) is 7.13. The average Bonchev–Trinajstić information content (AvgIpc) is 2.18. The Morgan fingerprint density at radius 3 is 2.60 bits per heavy atom. The van der Waals surface area contributed by atoms with Crippen LogP contribution in [0.15, 0.2) is 30.1 Å². The first-order valence-electron chi connectivity index (χ1n) is 4.74. The molecule has 82 valence electrons. The van der Waals surface area contributed by atoms with Crippen molar-refractivity contribution in [3.8, 4) is 0 Å². The van der Waals surface area contributed by atoms with Crippen molar-refractivity contribution in [2.75, 3.05) is 6.61 Å². The number of rotatable bonds is 4. The molecule has 15 heavy (non-hydrogen) atoms. The zero-order valence-electron chi connectivity index (χ0n) is 8.79. The average molecular weight is 245 g/mol. The Morgan fingerprint density at radius 1 is 1.47 bits per heavy atom. The van der Waals surface area contributed by atoms with E-state index in [9.17, 15) is 4.57 Å². The molecule has 0 saturated carbocycles. The van der Waals surface area contributed by atoms with Gasteiger partial charge < -0.3 is 4.52 Å². The van der Waals surface area contributed by atoms with E-state index >= 15 is 0 Å². The van der Waals surface area contributed by atoms with Gasteiger partial charge in [-0.25, -0.2) is 0 Å². The highest BCUT2D eigenvalue weighted by Crippen LogP contribution is 2.29. The fourth-order valence-corrected chi connectivity index (χ4v) is 2.17. The van der Waals surface area contributed by atoms with Gasteiger partial charge in [0.25, 0.3) is 0 Å². The summed E-state index contributed by atoms with van der Waals surface area (Å²) in [4.78, 5) is 0. The molecule has 0 heterocycles. The molecule has 1 unspecified atom stereocenters. The standard InChI is InChI=1S/C11H14ClO2P/c1-3-14-15(13)8-9(2)10-4-6-11(12)7-5-10/h4-8,15H,3H2,1-2H3. The highest BCUT2D eigenvalue weighted by atomic mass is 35.5. The molecule has 0 saturated heterocycles. The van der Waals surface area contributed by atoms with Crippen LogP contribution in [0.1, 0.15) is 19.4 Å². The zero-order valence-corrected chi connectivity index (χ0v) is 10.5. The first kappa shape index (κ1) is 12.5. The number of benzene rings is 1. The highest BCUT2D eigenvalue weighted by Gasteiger charge is 1.98. The lowest BCUT2D eigenvalue weighted by molar-refractivity contribution is 0.356. The summed E-state index contributed by atoms with van der Waals surface area (Å²) in [5.41, 5.74) is 1.96. The van der Waals surface area contributed by atoms with Gasteiger partial charge in [-0.1, -0.05) is 23.7 Å². The van der Waals surface area contributed by atoms with E-state index in [1.165, 1.54) is 0 Å². The largest absolute Gasteiger partial charge is 0.328 e. The maximum absolute atomic E-state index is 11.4. The second-order valence-corrected chi connectivity index (χ2v) is 4.74. The third-order valence-corrected chi connectivity index (χ3v) is 3.41. The Bertz CT molecular complexity index is 371. The van der Waals surface area contributed by atoms with Crippen molar-refractivity contribution in [3.63, 3.8) is 0 Å². The van der Waals surface area contributed by atoms with E-state index in [4.69, 9.17) is 16.1 Å². The molecule has 2 nitrogen and oxygen atoms in total. The van der Waals surface area contributed by atoms with Crippen molar-refractivity contribution in [2.45, 2.75) is 13.8 Å². The molecular weight excluding hydrogens is 231 g/mol. The van der Waals surface area contributed by atoms with Crippen molar-refractivity contribution in [3.05, 3.63) is 40.7 Å². The second kappa shape index (κ2) is 6.12. The van der Waals surface area contributed by atoms with Gasteiger partial charge in [-0.3, -0.25) is 4.57 Å². The zero-order chi connectivity index (χ0) is 11.3. The Kier molecular flexibility index (Phi) is 5.10. The summed E-state index contributed by atoms with van der Waals surface area (Å²) < 4.78 is 16.4. The molecular formula is C11H14ClO2P. The lowest BCUT2D eigenvalue weighted by Crippen LogP contribution is -1.79. The van der Waals surface area contributed by atoms with Crippen LogP contribution < -0.4 is 0 Å². The fraction of sp³-hybridized carbons (Fsp3) is 0.273. The van der Waals surface area contributed by atoms with Gasteiger partial charge >= 0.3 is 0 Å². The molecule has 0 fully saturated rings. The van der Waals surface area contributed by atoms with Crippen LogP contribution in [0.2, 0.25) is 5.02 Å². The van der Waals surface area contributed by atoms with Crippen LogP contribution in [0.4, 0.5) is 0 Å². The third kappa shape index (κ3) is 4.21. The van der Waals surface area contributed by atoms with Gasteiger partial charge in [-0.2, -0.15) is 0 Å². The van der Waals surface area contributed by atoms with Gasteiger partial charge in [0.05, 0.1) is 6.61 Å². The molecule has 1 atom stereocenters. The van der Waals surface area contributed by atoms with E-state index in [1.54, 1.807) is 5.82 Å². The summed E-state index contributed by atoms with van der Waals surface area (Å²) in [5.74, 6) is 1.66. The summed E-state index contributed by atoms with van der Waals surface area (Å²) in [5, 5.41) is 0.698. The maximum atomic E-state index is 11.4. The van der Waals surface area contributed by atoms with E-state index in [1.807, 2.05) is 38.1 Å². The Balaban J connectivity index is 2.79. The predicted molar refractivity (Wildman–Crippen MR) is 65.7 cm³/mol. The van der Waals surface area contributed by atoms with Crippen LogP contribution in [-0.4, -0.2) is 6.61 Å². The Hall–Kier alpha value is -0.560. The Labute approximate surface area is 95.8 Å². The van der Waals surface area contributed by atoms with E-state index in [0.717, 1.165) is 11.1 Å². The molecule has 0 amide bonds. The smallest absolute Gasteiger partial charge is 0.213 e. The number of hydrogen-bond acceptors (Lipinski definition) is 2. The first-order valence-corrected chi connectivity index (χ1v) is 6.51. The van der Waals surface area contributed by atoms with E-state index in [-0.39, 0.29) is 0 Å². The van der Waals surface area contributed by atoms with E-state index < -0.39 is 8.03 Å². The van der Waals surface area contributed by atoms with Crippen molar-refractivity contribution in [1.82, 2.24) is 0 Å². The van der Waals surface area contributed by atoms with Gasteiger partial charge in [-0.05, 0) is 37.1 Å². The molecule has 0 aromatic heterocycles. The fourth-order valence-electron chi connectivity index (χ4n) is 1.16. The summed E-state index contributed by atoms with van der Waals surface area (Å²) in [6.45, 7) is 4.21. The van der Waals surface area contributed by atoms with Crippen LogP contribution >= 0.6 is 19.6 Å². The van der Waals surface area contributed by atoms with Crippen LogP contribution in [0.3, 0.4) is 0 Å². The van der Waals surface area contributed by atoms with E-state index in [0.29, 0.717) is 11.6 Å². The second-order valence-electron chi connectivity index (χ2n) is 3.09. The normalized spacial score (nSPS) is 13.9. The molecule has 0 spiro atoms. The minimum atomic E-state index is -2.04. The maximum Gasteiger partial charge on any atom is 0.213 e.